The molecule has 0 saturated carbocycles. The molecule has 0 heterocycles. The Morgan fingerprint density at radius 2 is 1.08 bits per heavy atom. The van der Waals surface area contributed by atoms with E-state index in [2.05, 4.69) is 55.4 Å². The molecule has 0 bridgehead atoms. The molecule has 0 saturated heterocycles. The van der Waals surface area contributed by atoms with Crippen LogP contribution in [0.5, 0.6) is 0 Å². The van der Waals surface area contributed by atoms with Crippen LogP contribution in [0, 0.1) is 23.7 Å². The van der Waals surface area contributed by atoms with E-state index in [-0.39, 0.29) is 0 Å². The molecule has 0 aromatic rings. The molecular formula is C22H34Cl2Si. The van der Waals surface area contributed by atoms with Crippen LogP contribution in [-0.4, -0.2) is 9.52 Å². The molecule has 2 rings (SSSR count). The van der Waals surface area contributed by atoms with Crippen LogP contribution in [-0.2, 0) is 0 Å². The third-order valence-corrected chi connectivity index (χ3v) is 9.83. The second-order valence-electron chi connectivity index (χ2n) is 8.30. The minimum absolute atomic E-state index is 0.413. The molecule has 0 amide bonds. The van der Waals surface area contributed by atoms with Gasteiger partial charge < -0.3 is 0 Å². The number of rotatable bonds is 6. The van der Waals surface area contributed by atoms with Crippen molar-refractivity contribution in [1.29, 1.82) is 0 Å². The van der Waals surface area contributed by atoms with Crippen molar-refractivity contribution in [1.82, 2.24) is 0 Å². The fourth-order valence-corrected chi connectivity index (χ4v) is 9.10. The van der Waals surface area contributed by atoms with Gasteiger partial charge in [-0.15, -0.1) is 0 Å². The molecule has 2 aliphatic rings. The lowest BCUT2D eigenvalue weighted by Gasteiger charge is -2.18. The number of hydrogen-bond acceptors (Lipinski definition) is 0. The number of allylic oxidation sites excluding steroid dienone is 8. The van der Waals surface area contributed by atoms with Gasteiger partial charge in [-0.2, -0.15) is 0 Å². The van der Waals surface area contributed by atoms with E-state index in [9.17, 15) is 0 Å². The summed E-state index contributed by atoms with van der Waals surface area (Å²) < 4.78 is 0. The van der Waals surface area contributed by atoms with Gasteiger partial charge in [-0.1, -0.05) is 75.9 Å². The fraction of sp³-hybridized carbons (Fsp3) is 0.636. The summed E-state index contributed by atoms with van der Waals surface area (Å²) in [5, 5.41) is 5.21. The molecule has 0 spiro atoms. The van der Waals surface area contributed by atoms with Crippen LogP contribution in [0.3, 0.4) is 0 Å². The average Bonchev–Trinajstić information content (AvgIpc) is 2.90. The first kappa shape index (κ1) is 21.1. The Hall–Kier alpha value is -0.243. The van der Waals surface area contributed by atoms with Gasteiger partial charge in [-0.3, -0.25) is 0 Å². The highest BCUT2D eigenvalue weighted by atomic mass is 35.5. The molecule has 0 N–H and O–H groups in total. The van der Waals surface area contributed by atoms with Crippen LogP contribution < -0.4 is 0 Å². The van der Waals surface area contributed by atoms with E-state index in [1.54, 1.807) is 0 Å². The Bertz CT molecular complexity index is 616. The molecule has 0 aromatic heterocycles. The lowest BCUT2D eigenvalue weighted by Crippen LogP contribution is -2.10. The molecule has 2 atom stereocenters. The molecule has 3 heteroatoms. The van der Waals surface area contributed by atoms with Crippen molar-refractivity contribution in [2.24, 2.45) is 23.7 Å². The van der Waals surface area contributed by atoms with Crippen molar-refractivity contribution in [3.8, 4) is 0 Å². The zero-order valence-corrected chi connectivity index (χ0v) is 20.1. The van der Waals surface area contributed by atoms with Crippen molar-refractivity contribution in [3.63, 3.8) is 0 Å². The Morgan fingerprint density at radius 3 is 1.32 bits per heavy atom. The smallest absolute Gasteiger partial charge is 0.0886 e. The highest BCUT2D eigenvalue weighted by Crippen LogP contribution is 2.48. The van der Waals surface area contributed by atoms with Crippen molar-refractivity contribution >= 4 is 32.7 Å². The maximum Gasteiger partial charge on any atom is 0.0913 e. The van der Waals surface area contributed by atoms with Crippen LogP contribution in [0.2, 0.25) is 0 Å². The summed E-state index contributed by atoms with van der Waals surface area (Å²) in [5.74, 6) is 1.94. The van der Waals surface area contributed by atoms with Crippen molar-refractivity contribution in [2.45, 2.75) is 68.2 Å². The van der Waals surface area contributed by atoms with E-state index < -0.39 is 9.52 Å². The second-order valence-corrected chi connectivity index (χ2v) is 10.9. The Morgan fingerprint density at radius 1 is 0.760 bits per heavy atom. The van der Waals surface area contributed by atoms with Crippen LogP contribution >= 0.6 is 23.2 Å². The van der Waals surface area contributed by atoms with Crippen molar-refractivity contribution in [3.05, 3.63) is 42.7 Å². The standard InChI is InChI=1S/C22H34Cl2Si/c1-9-15-13(7)17(11(3)4)19(23)21(15)25-22-16(10-2)14(8)18(12(5)6)20(22)24/h11-12,17-18H,9-10,25H2,1-8H3. The van der Waals surface area contributed by atoms with Gasteiger partial charge in [0.1, 0.15) is 0 Å². The number of hydrogen-bond donors (Lipinski definition) is 0. The highest BCUT2D eigenvalue weighted by molar-refractivity contribution is 6.61. The first-order valence-electron chi connectivity index (χ1n) is 9.84. The third-order valence-electron chi connectivity index (χ3n) is 6.13. The maximum atomic E-state index is 6.95. The summed E-state index contributed by atoms with van der Waals surface area (Å²) in [7, 11) is -0.659. The largest absolute Gasteiger partial charge is 0.0913 e. The predicted octanol–water partition coefficient (Wildman–Crippen LogP) is 7.08. The molecule has 25 heavy (non-hydrogen) atoms. The summed E-state index contributed by atoms with van der Waals surface area (Å²) in [6, 6.07) is 0. The first-order valence-corrected chi connectivity index (χ1v) is 12.0. The SMILES string of the molecule is CCC1=C(C)C(C(C)C)C(Cl)=C1[SiH2]C1=C(Cl)C(C(C)C)C(C)=C1CC. The Labute approximate surface area is 167 Å². The molecule has 0 nitrogen and oxygen atoms in total. The predicted molar refractivity (Wildman–Crippen MR) is 117 cm³/mol. The van der Waals surface area contributed by atoms with E-state index in [0.29, 0.717) is 23.7 Å². The summed E-state index contributed by atoms with van der Waals surface area (Å²) in [4.78, 5) is 0. The lowest BCUT2D eigenvalue weighted by atomic mass is 9.90. The molecule has 0 fully saturated rings. The van der Waals surface area contributed by atoms with Gasteiger partial charge >= 0.3 is 0 Å². The molecule has 2 aliphatic carbocycles. The molecule has 2 unspecified atom stereocenters. The molecule has 0 aliphatic heterocycles. The molecule has 0 aromatic carbocycles. The Balaban J connectivity index is 2.50. The lowest BCUT2D eigenvalue weighted by molar-refractivity contribution is 0.522. The zero-order chi connectivity index (χ0) is 19.0. The van der Waals surface area contributed by atoms with E-state index in [1.165, 1.54) is 32.7 Å². The summed E-state index contributed by atoms with van der Waals surface area (Å²) in [6.45, 7) is 18.2. The average molecular weight is 398 g/mol. The normalized spacial score (nSPS) is 25.4. The van der Waals surface area contributed by atoms with E-state index in [4.69, 9.17) is 23.2 Å². The van der Waals surface area contributed by atoms with Gasteiger partial charge in [-0.25, -0.2) is 0 Å². The fourth-order valence-electron chi connectivity index (χ4n) is 5.02. The quantitative estimate of drug-likeness (QED) is 0.420. The van der Waals surface area contributed by atoms with E-state index >= 15 is 0 Å². The van der Waals surface area contributed by atoms with E-state index in [0.717, 1.165) is 22.9 Å². The van der Waals surface area contributed by atoms with Gasteiger partial charge in [0.2, 0.25) is 0 Å². The summed E-state index contributed by atoms with van der Waals surface area (Å²) in [5.41, 5.74) is 6.04. The maximum absolute atomic E-state index is 6.95. The number of halogens is 2. The van der Waals surface area contributed by atoms with Gasteiger partial charge in [0.15, 0.2) is 0 Å². The zero-order valence-electron chi connectivity index (χ0n) is 17.2. The van der Waals surface area contributed by atoms with Crippen LogP contribution in [0.25, 0.3) is 0 Å². The summed E-state index contributed by atoms with van der Waals surface area (Å²) in [6.07, 6.45) is 2.16. The molecule has 0 radical (unpaired) electrons. The topological polar surface area (TPSA) is 0 Å². The van der Waals surface area contributed by atoms with Gasteiger partial charge in [-0.05, 0) is 60.1 Å². The van der Waals surface area contributed by atoms with Crippen LogP contribution in [0.1, 0.15) is 68.2 Å². The van der Waals surface area contributed by atoms with Gasteiger partial charge in [0.05, 0.1) is 9.52 Å². The molecule has 140 valence electrons. The first-order chi connectivity index (χ1) is 11.7. The Kier molecular flexibility index (Phi) is 6.90. The van der Waals surface area contributed by atoms with Gasteiger partial charge in [0.25, 0.3) is 0 Å². The van der Waals surface area contributed by atoms with Crippen LogP contribution in [0.4, 0.5) is 0 Å². The highest BCUT2D eigenvalue weighted by Gasteiger charge is 2.36. The minimum Gasteiger partial charge on any atom is -0.0886 e. The van der Waals surface area contributed by atoms with Crippen molar-refractivity contribution in [2.75, 3.05) is 0 Å². The minimum atomic E-state index is -0.659. The van der Waals surface area contributed by atoms with Crippen molar-refractivity contribution < 1.29 is 0 Å². The third kappa shape index (κ3) is 3.62. The van der Waals surface area contributed by atoms with E-state index in [1.807, 2.05) is 0 Å². The second kappa shape index (κ2) is 8.19. The monoisotopic (exact) mass is 396 g/mol. The van der Waals surface area contributed by atoms with Crippen LogP contribution in [0.15, 0.2) is 42.7 Å². The molecular weight excluding hydrogens is 363 g/mol. The van der Waals surface area contributed by atoms with Gasteiger partial charge in [0, 0.05) is 21.9 Å². The summed E-state index contributed by atoms with van der Waals surface area (Å²) >= 11 is 13.9.